The highest BCUT2D eigenvalue weighted by Crippen LogP contribution is 2.23. The summed E-state index contributed by atoms with van der Waals surface area (Å²) in [6.07, 6.45) is 2.34. The second-order valence-corrected chi connectivity index (χ2v) is 7.04. The Morgan fingerprint density at radius 2 is 2.04 bits per heavy atom. The van der Waals surface area contributed by atoms with E-state index in [0.717, 1.165) is 35.2 Å². The lowest BCUT2D eigenvalue weighted by atomic mass is 10.1. The molecule has 0 unspecified atom stereocenters. The van der Waals surface area contributed by atoms with Crippen LogP contribution in [-0.2, 0) is 4.74 Å². The van der Waals surface area contributed by atoms with Gasteiger partial charge in [-0.05, 0) is 55.7 Å². The third kappa shape index (κ3) is 4.83. The predicted octanol–water partition coefficient (Wildman–Crippen LogP) is 4.50. The molecule has 0 radical (unpaired) electrons. The molecule has 3 rings (SSSR count). The monoisotopic (exact) mass is 403 g/mol. The summed E-state index contributed by atoms with van der Waals surface area (Å²) < 4.78 is 12.3. The maximum absolute atomic E-state index is 12.4. The Morgan fingerprint density at radius 1 is 1.28 bits per heavy atom. The van der Waals surface area contributed by atoms with Gasteiger partial charge in [0, 0.05) is 16.6 Å². The van der Waals surface area contributed by atoms with Gasteiger partial charge in [0.2, 0.25) is 0 Å². The molecule has 1 amide bonds. The zero-order chi connectivity index (χ0) is 17.6. The quantitative estimate of drug-likeness (QED) is 0.772. The molecule has 25 heavy (non-hydrogen) atoms. The van der Waals surface area contributed by atoms with E-state index in [9.17, 15) is 4.79 Å². The van der Waals surface area contributed by atoms with Crippen LogP contribution in [-0.4, -0.2) is 25.2 Å². The minimum absolute atomic E-state index is 0.0847. The van der Waals surface area contributed by atoms with Crippen LogP contribution in [0.25, 0.3) is 0 Å². The fourth-order valence-corrected chi connectivity index (χ4v) is 3.48. The fraction of sp³-hybridized carbons (Fsp3) is 0.350. The van der Waals surface area contributed by atoms with Crippen LogP contribution in [0.4, 0.5) is 0 Å². The summed E-state index contributed by atoms with van der Waals surface area (Å²) in [4.78, 5) is 12.4. The Labute approximate surface area is 156 Å². The predicted molar refractivity (Wildman–Crippen MR) is 101 cm³/mol. The maximum atomic E-state index is 12.4. The van der Waals surface area contributed by atoms with Crippen molar-refractivity contribution in [3.05, 3.63) is 64.1 Å². The van der Waals surface area contributed by atoms with Crippen molar-refractivity contribution in [3.63, 3.8) is 0 Å². The van der Waals surface area contributed by atoms with E-state index in [2.05, 4.69) is 21.2 Å². The first-order chi connectivity index (χ1) is 12.1. The molecule has 1 saturated heterocycles. The van der Waals surface area contributed by atoms with E-state index < -0.39 is 0 Å². The summed E-state index contributed by atoms with van der Waals surface area (Å²) >= 11 is 3.52. The number of ether oxygens (including phenoxy) is 2. The minimum atomic E-state index is -0.103. The Morgan fingerprint density at radius 3 is 2.72 bits per heavy atom. The van der Waals surface area contributed by atoms with Crippen molar-refractivity contribution in [1.29, 1.82) is 0 Å². The van der Waals surface area contributed by atoms with Gasteiger partial charge in [0.1, 0.15) is 12.4 Å². The van der Waals surface area contributed by atoms with Crippen molar-refractivity contribution in [2.24, 2.45) is 0 Å². The minimum Gasteiger partial charge on any atom is -0.491 e. The third-order valence-electron chi connectivity index (χ3n) is 4.30. The van der Waals surface area contributed by atoms with Gasteiger partial charge in [-0.15, -0.1) is 0 Å². The molecule has 132 valence electrons. The highest BCUT2D eigenvalue weighted by atomic mass is 79.9. The van der Waals surface area contributed by atoms with Crippen LogP contribution in [0.3, 0.4) is 0 Å². The molecule has 0 bridgehead atoms. The van der Waals surface area contributed by atoms with E-state index in [4.69, 9.17) is 9.47 Å². The SMILES string of the molecule is C[C@H](NC(=O)c1ccc(OC[C@@H]2CCCO2)cc1)c1ccccc1Br. The van der Waals surface area contributed by atoms with E-state index >= 15 is 0 Å². The third-order valence-corrected chi connectivity index (χ3v) is 5.02. The molecule has 4 nitrogen and oxygen atoms in total. The largest absolute Gasteiger partial charge is 0.491 e. The second kappa shape index (κ2) is 8.50. The number of nitrogens with one attached hydrogen (secondary N) is 1. The average molecular weight is 404 g/mol. The van der Waals surface area contributed by atoms with Crippen LogP contribution in [0.5, 0.6) is 5.75 Å². The molecular formula is C20H22BrNO3. The number of hydrogen-bond donors (Lipinski definition) is 1. The van der Waals surface area contributed by atoms with Crippen LogP contribution >= 0.6 is 15.9 Å². The van der Waals surface area contributed by atoms with Gasteiger partial charge in [-0.3, -0.25) is 4.79 Å². The standard InChI is InChI=1S/C20H22BrNO3/c1-14(18-6-2-3-7-19(18)21)22-20(23)15-8-10-16(11-9-15)25-13-17-5-4-12-24-17/h2-3,6-11,14,17H,4-5,12-13H2,1H3,(H,22,23)/t14-,17-/m0/s1. The van der Waals surface area contributed by atoms with Crippen molar-refractivity contribution in [2.45, 2.75) is 31.9 Å². The van der Waals surface area contributed by atoms with Crippen molar-refractivity contribution in [3.8, 4) is 5.75 Å². The molecule has 1 aliphatic heterocycles. The van der Waals surface area contributed by atoms with E-state index in [0.29, 0.717) is 12.2 Å². The maximum Gasteiger partial charge on any atom is 0.251 e. The van der Waals surface area contributed by atoms with Crippen molar-refractivity contribution in [1.82, 2.24) is 5.32 Å². The van der Waals surface area contributed by atoms with Gasteiger partial charge in [0.05, 0.1) is 12.1 Å². The van der Waals surface area contributed by atoms with Crippen LogP contribution in [0.1, 0.15) is 41.7 Å². The summed E-state index contributed by atoms with van der Waals surface area (Å²) in [5, 5.41) is 3.02. The molecule has 5 heteroatoms. The normalized spacial score (nSPS) is 17.9. The average Bonchev–Trinajstić information content (AvgIpc) is 3.14. The molecular weight excluding hydrogens is 382 g/mol. The number of hydrogen-bond acceptors (Lipinski definition) is 3. The van der Waals surface area contributed by atoms with E-state index in [1.807, 2.05) is 43.3 Å². The fourth-order valence-electron chi connectivity index (χ4n) is 2.85. The number of carbonyl (C=O) groups is 1. The first-order valence-corrected chi connectivity index (χ1v) is 9.32. The summed E-state index contributed by atoms with van der Waals surface area (Å²) in [7, 11) is 0. The summed E-state index contributed by atoms with van der Waals surface area (Å²) in [6, 6.07) is 15.0. The van der Waals surface area contributed by atoms with Gasteiger partial charge in [0.25, 0.3) is 5.91 Å². The highest BCUT2D eigenvalue weighted by molar-refractivity contribution is 9.10. The first kappa shape index (κ1) is 18.0. The van der Waals surface area contributed by atoms with Crippen LogP contribution in [0.15, 0.2) is 53.0 Å². The lowest BCUT2D eigenvalue weighted by molar-refractivity contribution is 0.0679. The molecule has 2 atom stereocenters. The molecule has 2 aromatic carbocycles. The molecule has 1 fully saturated rings. The highest BCUT2D eigenvalue weighted by Gasteiger charge is 2.16. The molecule has 1 aliphatic rings. The van der Waals surface area contributed by atoms with Gasteiger partial charge in [-0.25, -0.2) is 0 Å². The van der Waals surface area contributed by atoms with Crippen molar-refractivity contribution in [2.75, 3.05) is 13.2 Å². The summed E-state index contributed by atoms with van der Waals surface area (Å²) in [5.74, 6) is 0.653. The van der Waals surface area contributed by atoms with E-state index in [1.165, 1.54) is 0 Å². The molecule has 1 heterocycles. The van der Waals surface area contributed by atoms with E-state index in [-0.39, 0.29) is 18.1 Å². The van der Waals surface area contributed by atoms with Crippen LogP contribution in [0, 0.1) is 0 Å². The number of halogens is 1. The molecule has 1 N–H and O–H groups in total. The molecule has 2 aromatic rings. The zero-order valence-corrected chi connectivity index (χ0v) is 15.8. The van der Waals surface area contributed by atoms with Crippen molar-refractivity contribution >= 4 is 21.8 Å². The number of amides is 1. The topological polar surface area (TPSA) is 47.6 Å². The van der Waals surface area contributed by atoms with E-state index in [1.54, 1.807) is 12.1 Å². The number of carbonyl (C=O) groups excluding carboxylic acids is 1. The van der Waals surface area contributed by atoms with Gasteiger partial charge in [-0.1, -0.05) is 34.1 Å². The second-order valence-electron chi connectivity index (χ2n) is 6.19. The number of benzene rings is 2. The summed E-state index contributed by atoms with van der Waals surface area (Å²) in [6.45, 7) is 3.35. The Bertz CT molecular complexity index is 711. The van der Waals surface area contributed by atoms with Gasteiger partial charge in [0.15, 0.2) is 0 Å². The Balaban J connectivity index is 1.56. The Hall–Kier alpha value is -1.85. The van der Waals surface area contributed by atoms with Gasteiger partial charge in [-0.2, -0.15) is 0 Å². The number of rotatable bonds is 6. The van der Waals surface area contributed by atoms with Gasteiger partial charge >= 0.3 is 0 Å². The first-order valence-electron chi connectivity index (χ1n) is 8.53. The summed E-state index contributed by atoms with van der Waals surface area (Å²) in [5.41, 5.74) is 1.66. The van der Waals surface area contributed by atoms with Crippen molar-refractivity contribution < 1.29 is 14.3 Å². The van der Waals surface area contributed by atoms with Crippen LogP contribution < -0.4 is 10.1 Å². The molecule has 0 aromatic heterocycles. The lowest BCUT2D eigenvalue weighted by Gasteiger charge is -2.16. The van der Waals surface area contributed by atoms with Crippen LogP contribution in [0.2, 0.25) is 0 Å². The molecule has 0 spiro atoms. The zero-order valence-electron chi connectivity index (χ0n) is 14.2. The van der Waals surface area contributed by atoms with Gasteiger partial charge < -0.3 is 14.8 Å². The Kier molecular flexibility index (Phi) is 6.10. The lowest BCUT2D eigenvalue weighted by Crippen LogP contribution is -2.26. The molecule has 0 saturated carbocycles. The smallest absolute Gasteiger partial charge is 0.251 e. The molecule has 0 aliphatic carbocycles.